The van der Waals surface area contributed by atoms with E-state index in [4.69, 9.17) is 17.3 Å². The zero-order valence-electron chi connectivity index (χ0n) is 11.2. The van der Waals surface area contributed by atoms with Crippen molar-refractivity contribution in [2.24, 2.45) is 5.92 Å². The number of imidazole rings is 1. The number of rotatable bonds is 1. The Labute approximate surface area is 124 Å². The van der Waals surface area contributed by atoms with Crippen LogP contribution in [0.1, 0.15) is 37.4 Å². The highest BCUT2D eigenvalue weighted by Crippen LogP contribution is 2.43. The summed E-state index contributed by atoms with van der Waals surface area (Å²) < 4.78 is 38.7. The molecule has 3 N–H and O–H groups in total. The Morgan fingerprint density at radius 2 is 2.05 bits per heavy atom. The number of nitrogens with two attached hydrogens (primary N) is 1. The van der Waals surface area contributed by atoms with Gasteiger partial charge in [0.2, 0.25) is 0 Å². The number of aromatic amines is 1. The SMILES string of the molecule is Nc1cc(Cl)cc2[nH]c(C3CCCC(C(F)(F)F)C3)nc12. The molecule has 2 unspecified atom stereocenters. The van der Waals surface area contributed by atoms with E-state index in [1.807, 2.05) is 0 Å². The third kappa shape index (κ3) is 2.81. The van der Waals surface area contributed by atoms with Gasteiger partial charge in [0.05, 0.1) is 17.1 Å². The van der Waals surface area contributed by atoms with E-state index in [1.165, 1.54) is 0 Å². The summed E-state index contributed by atoms with van der Waals surface area (Å²) >= 11 is 5.93. The number of aromatic nitrogens is 2. The van der Waals surface area contributed by atoms with Gasteiger partial charge in [-0.15, -0.1) is 0 Å². The highest BCUT2D eigenvalue weighted by Gasteiger charge is 2.42. The lowest BCUT2D eigenvalue weighted by molar-refractivity contribution is -0.183. The van der Waals surface area contributed by atoms with Crippen molar-refractivity contribution < 1.29 is 13.2 Å². The highest BCUT2D eigenvalue weighted by atomic mass is 35.5. The zero-order chi connectivity index (χ0) is 15.2. The quantitative estimate of drug-likeness (QED) is 0.753. The molecule has 3 rings (SSSR count). The Bertz CT molecular complexity index is 665. The average molecular weight is 318 g/mol. The predicted molar refractivity (Wildman–Crippen MR) is 76.3 cm³/mol. The fourth-order valence-corrected chi connectivity index (χ4v) is 3.28. The Hall–Kier alpha value is -1.43. The van der Waals surface area contributed by atoms with Gasteiger partial charge in [-0.3, -0.25) is 0 Å². The normalized spacial score (nSPS) is 23.6. The van der Waals surface area contributed by atoms with Crippen molar-refractivity contribution >= 4 is 28.3 Å². The maximum Gasteiger partial charge on any atom is 0.391 e. The summed E-state index contributed by atoms with van der Waals surface area (Å²) in [5.41, 5.74) is 7.53. The molecule has 0 amide bonds. The highest BCUT2D eigenvalue weighted by molar-refractivity contribution is 6.31. The minimum atomic E-state index is -4.13. The van der Waals surface area contributed by atoms with Crippen LogP contribution in [0, 0.1) is 5.92 Å². The molecule has 1 fully saturated rings. The van der Waals surface area contributed by atoms with Crippen molar-refractivity contribution in [3.05, 3.63) is 23.0 Å². The summed E-state index contributed by atoms with van der Waals surface area (Å²) in [6.07, 6.45) is -2.58. The van der Waals surface area contributed by atoms with Crippen LogP contribution >= 0.6 is 11.6 Å². The number of nitrogens with zero attached hydrogens (tertiary/aromatic N) is 1. The number of hydrogen-bond acceptors (Lipinski definition) is 2. The van der Waals surface area contributed by atoms with Crippen molar-refractivity contribution in [3.63, 3.8) is 0 Å². The minimum absolute atomic E-state index is 0.0803. The van der Waals surface area contributed by atoms with Gasteiger partial charge < -0.3 is 10.7 Å². The molecule has 21 heavy (non-hydrogen) atoms. The number of halogens is 4. The fraction of sp³-hybridized carbons (Fsp3) is 0.500. The molecule has 0 spiro atoms. The standard InChI is InChI=1S/C14H15ClF3N3/c15-9-5-10(19)12-11(6-9)20-13(21-12)7-2-1-3-8(4-7)14(16,17)18/h5-8H,1-4,19H2,(H,20,21). The van der Waals surface area contributed by atoms with Crippen molar-refractivity contribution in [2.75, 3.05) is 5.73 Å². The van der Waals surface area contributed by atoms with Crippen LogP contribution in [0.25, 0.3) is 11.0 Å². The van der Waals surface area contributed by atoms with E-state index in [-0.39, 0.29) is 18.8 Å². The summed E-state index contributed by atoms with van der Waals surface area (Å²) in [6.45, 7) is 0. The second-order valence-electron chi connectivity index (χ2n) is 5.62. The summed E-state index contributed by atoms with van der Waals surface area (Å²) in [6, 6.07) is 3.28. The first-order valence-corrected chi connectivity index (χ1v) is 7.23. The van der Waals surface area contributed by atoms with Gasteiger partial charge in [-0.2, -0.15) is 13.2 Å². The number of benzene rings is 1. The van der Waals surface area contributed by atoms with Gasteiger partial charge in [-0.1, -0.05) is 18.0 Å². The summed E-state index contributed by atoms with van der Waals surface area (Å²) in [5.74, 6) is -0.880. The topological polar surface area (TPSA) is 54.7 Å². The molecule has 2 aromatic rings. The Morgan fingerprint density at radius 3 is 2.76 bits per heavy atom. The zero-order valence-corrected chi connectivity index (χ0v) is 11.9. The lowest BCUT2D eigenvalue weighted by atomic mass is 9.80. The second kappa shape index (κ2) is 5.09. The molecule has 1 aliphatic carbocycles. The molecule has 1 heterocycles. The molecule has 0 bridgehead atoms. The number of nitrogen functional groups attached to an aromatic ring is 1. The largest absolute Gasteiger partial charge is 0.397 e. The molecule has 0 radical (unpaired) electrons. The molecule has 0 aliphatic heterocycles. The summed E-state index contributed by atoms with van der Waals surface area (Å²) in [4.78, 5) is 7.46. The van der Waals surface area contributed by atoms with Crippen LogP contribution in [0.5, 0.6) is 0 Å². The van der Waals surface area contributed by atoms with E-state index in [9.17, 15) is 13.2 Å². The number of H-pyrrole nitrogens is 1. The van der Waals surface area contributed by atoms with Gasteiger partial charge in [0.25, 0.3) is 0 Å². The smallest absolute Gasteiger partial charge is 0.391 e. The van der Waals surface area contributed by atoms with Crippen LogP contribution in [-0.4, -0.2) is 16.1 Å². The number of hydrogen-bond donors (Lipinski definition) is 2. The van der Waals surface area contributed by atoms with E-state index < -0.39 is 12.1 Å². The maximum absolute atomic E-state index is 12.9. The molecule has 1 aliphatic rings. The number of anilines is 1. The molecule has 1 saturated carbocycles. The second-order valence-corrected chi connectivity index (χ2v) is 6.05. The summed E-state index contributed by atoms with van der Waals surface area (Å²) in [7, 11) is 0. The molecule has 0 saturated heterocycles. The Morgan fingerprint density at radius 1 is 1.29 bits per heavy atom. The maximum atomic E-state index is 12.9. The monoisotopic (exact) mass is 317 g/mol. The fourth-order valence-electron chi connectivity index (χ4n) is 3.06. The van der Waals surface area contributed by atoms with Gasteiger partial charge >= 0.3 is 6.18 Å². The van der Waals surface area contributed by atoms with Crippen LogP contribution in [0.3, 0.4) is 0 Å². The number of alkyl halides is 3. The first-order valence-electron chi connectivity index (χ1n) is 6.86. The van der Waals surface area contributed by atoms with Crippen molar-refractivity contribution in [1.29, 1.82) is 0 Å². The average Bonchev–Trinajstić information content (AvgIpc) is 2.82. The van der Waals surface area contributed by atoms with Crippen molar-refractivity contribution in [1.82, 2.24) is 9.97 Å². The van der Waals surface area contributed by atoms with Crippen molar-refractivity contribution in [2.45, 2.75) is 37.8 Å². The molecule has 1 aromatic carbocycles. The minimum Gasteiger partial charge on any atom is -0.397 e. The Kier molecular flexibility index (Phi) is 3.51. The van der Waals surface area contributed by atoms with Gasteiger partial charge in [0, 0.05) is 10.9 Å². The third-order valence-electron chi connectivity index (χ3n) is 4.12. The Balaban J connectivity index is 1.91. The van der Waals surface area contributed by atoms with E-state index in [2.05, 4.69) is 9.97 Å². The molecular formula is C14H15ClF3N3. The van der Waals surface area contributed by atoms with Gasteiger partial charge in [-0.25, -0.2) is 4.98 Å². The van der Waals surface area contributed by atoms with Gasteiger partial charge in [-0.05, 0) is 31.4 Å². The lowest BCUT2D eigenvalue weighted by Crippen LogP contribution is -2.28. The lowest BCUT2D eigenvalue weighted by Gasteiger charge is -2.29. The molecule has 1 aromatic heterocycles. The number of fused-ring (bicyclic) bond motifs is 1. The van der Waals surface area contributed by atoms with E-state index in [1.54, 1.807) is 12.1 Å². The van der Waals surface area contributed by atoms with Crippen molar-refractivity contribution in [3.8, 4) is 0 Å². The number of nitrogens with one attached hydrogen (secondary N) is 1. The van der Waals surface area contributed by atoms with Crippen LogP contribution in [0.15, 0.2) is 12.1 Å². The van der Waals surface area contributed by atoms with E-state index in [0.29, 0.717) is 40.4 Å². The molecule has 3 nitrogen and oxygen atoms in total. The predicted octanol–water partition coefficient (Wildman–Crippen LogP) is 4.63. The van der Waals surface area contributed by atoms with E-state index in [0.717, 1.165) is 0 Å². The van der Waals surface area contributed by atoms with Gasteiger partial charge in [0.15, 0.2) is 0 Å². The van der Waals surface area contributed by atoms with Gasteiger partial charge in [0.1, 0.15) is 11.3 Å². The molecule has 2 atom stereocenters. The third-order valence-corrected chi connectivity index (χ3v) is 4.34. The molecule has 7 heteroatoms. The molecular weight excluding hydrogens is 303 g/mol. The van der Waals surface area contributed by atoms with Crippen LogP contribution in [0.4, 0.5) is 18.9 Å². The van der Waals surface area contributed by atoms with Crippen LogP contribution < -0.4 is 5.73 Å². The van der Waals surface area contributed by atoms with Crippen LogP contribution in [0.2, 0.25) is 5.02 Å². The van der Waals surface area contributed by atoms with E-state index >= 15 is 0 Å². The first-order chi connectivity index (χ1) is 9.84. The summed E-state index contributed by atoms with van der Waals surface area (Å²) in [5, 5.41) is 0.479. The molecule has 114 valence electrons. The van der Waals surface area contributed by atoms with Crippen LogP contribution in [-0.2, 0) is 0 Å². The first kappa shape index (κ1) is 14.5.